The fraction of sp³-hybridized carbons (Fsp3) is 0.0435. The fourth-order valence-corrected chi connectivity index (χ4v) is 2.82. The number of nitrogens with one attached hydrogen (secondary N) is 2. The van der Waals surface area contributed by atoms with Crippen molar-refractivity contribution in [3.8, 4) is 0 Å². The van der Waals surface area contributed by atoms with E-state index in [0.29, 0.717) is 16.4 Å². The minimum absolute atomic E-state index is 0.117. The molecule has 4 nitrogen and oxygen atoms in total. The Balaban J connectivity index is 1.59. The first-order valence-corrected chi connectivity index (χ1v) is 9.15. The lowest BCUT2D eigenvalue weighted by Gasteiger charge is -2.08. The monoisotopic (exact) mass is 390 g/mol. The second-order valence-electron chi connectivity index (χ2n) is 6.14. The van der Waals surface area contributed by atoms with Crippen molar-refractivity contribution in [2.24, 2.45) is 0 Å². The van der Waals surface area contributed by atoms with Crippen molar-refractivity contribution in [3.05, 3.63) is 101 Å². The molecule has 0 aliphatic carbocycles. The van der Waals surface area contributed by atoms with E-state index in [1.54, 1.807) is 36.4 Å². The second-order valence-corrected chi connectivity index (χ2v) is 6.54. The molecule has 0 spiro atoms. The summed E-state index contributed by atoms with van der Waals surface area (Å²) in [6, 6.07) is 23.8. The Hall–Kier alpha value is -3.37. The molecule has 28 heavy (non-hydrogen) atoms. The summed E-state index contributed by atoms with van der Waals surface area (Å²) in [5.74, 6) is -0.402. The highest BCUT2D eigenvalue weighted by molar-refractivity contribution is 6.32. The zero-order valence-corrected chi connectivity index (χ0v) is 15.8. The van der Waals surface area contributed by atoms with Crippen LogP contribution in [0.1, 0.15) is 11.1 Å². The first-order chi connectivity index (χ1) is 13.6. The van der Waals surface area contributed by atoms with Gasteiger partial charge in [0, 0.05) is 22.5 Å². The summed E-state index contributed by atoms with van der Waals surface area (Å²) in [5, 5.41) is 6.20. The van der Waals surface area contributed by atoms with Gasteiger partial charge in [0.25, 0.3) is 0 Å². The number of hydrogen-bond donors (Lipinski definition) is 2. The lowest BCUT2D eigenvalue weighted by Crippen LogP contribution is -2.14. The molecule has 0 saturated carbocycles. The van der Waals surface area contributed by atoms with Gasteiger partial charge in [0.1, 0.15) is 0 Å². The third-order valence-corrected chi connectivity index (χ3v) is 4.29. The predicted molar refractivity (Wildman–Crippen MR) is 114 cm³/mol. The maximum absolute atomic E-state index is 12.2. The van der Waals surface area contributed by atoms with Gasteiger partial charge in [-0.2, -0.15) is 0 Å². The number of benzene rings is 3. The molecule has 5 heteroatoms. The van der Waals surface area contributed by atoms with Crippen LogP contribution in [0.15, 0.2) is 84.9 Å². The molecule has 0 saturated heterocycles. The summed E-state index contributed by atoms with van der Waals surface area (Å²) in [5.41, 5.74) is 2.91. The quantitative estimate of drug-likeness (QED) is 0.570. The molecule has 2 amide bonds. The average molecular weight is 391 g/mol. The third kappa shape index (κ3) is 5.83. The molecule has 3 aromatic rings. The molecule has 2 N–H and O–H groups in total. The van der Waals surface area contributed by atoms with Crippen LogP contribution < -0.4 is 10.6 Å². The van der Waals surface area contributed by atoms with Crippen LogP contribution in [0.5, 0.6) is 0 Å². The molecule has 140 valence electrons. The Morgan fingerprint density at radius 1 is 0.821 bits per heavy atom. The first kappa shape index (κ1) is 19.4. The molecule has 0 atom stereocenters. The zero-order chi connectivity index (χ0) is 19.8. The molecule has 3 rings (SSSR count). The molecule has 3 aromatic carbocycles. The summed E-state index contributed by atoms with van der Waals surface area (Å²) in [4.78, 5) is 24.3. The first-order valence-electron chi connectivity index (χ1n) is 8.77. The van der Waals surface area contributed by atoms with Gasteiger partial charge in [-0.25, -0.2) is 0 Å². The van der Waals surface area contributed by atoms with E-state index in [4.69, 9.17) is 11.6 Å². The summed E-state index contributed by atoms with van der Waals surface area (Å²) >= 11 is 6.07. The summed E-state index contributed by atoms with van der Waals surface area (Å²) in [6.07, 6.45) is 3.36. The standard InChI is InChI=1S/C23H19ClN2O2/c24-21-12-5-4-9-18(21)13-14-22(27)25-19-10-6-11-20(16-19)26-23(28)15-17-7-2-1-3-8-17/h1-14,16H,15H2,(H,25,27)(H,26,28)/b14-13+. The third-order valence-electron chi connectivity index (χ3n) is 3.94. The number of amides is 2. The smallest absolute Gasteiger partial charge is 0.248 e. The highest BCUT2D eigenvalue weighted by atomic mass is 35.5. The van der Waals surface area contributed by atoms with Crippen LogP contribution in [-0.2, 0) is 16.0 Å². The van der Waals surface area contributed by atoms with Gasteiger partial charge in [-0.15, -0.1) is 0 Å². The molecule has 0 aliphatic rings. The van der Waals surface area contributed by atoms with Crippen molar-refractivity contribution in [3.63, 3.8) is 0 Å². The van der Waals surface area contributed by atoms with Gasteiger partial charge < -0.3 is 10.6 Å². The molecule has 0 aromatic heterocycles. The lowest BCUT2D eigenvalue weighted by molar-refractivity contribution is -0.115. The Bertz CT molecular complexity index is 1000. The molecule has 0 aliphatic heterocycles. The number of carbonyl (C=O) groups is 2. The van der Waals surface area contributed by atoms with E-state index in [1.165, 1.54) is 6.08 Å². The van der Waals surface area contributed by atoms with E-state index in [9.17, 15) is 9.59 Å². The predicted octanol–water partition coefficient (Wildman–Crippen LogP) is 5.17. The SMILES string of the molecule is O=C(/C=C/c1ccccc1Cl)Nc1cccc(NC(=O)Cc2ccccc2)c1. The van der Waals surface area contributed by atoms with Gasteiger partial charge in [-0.3, -0.25) is 9.59 Å². The molecule has 0 heterocycles. The van der Waals surface area contributed by atoms with Crippen LogP contribution in [0.3, 0.4) is 0 Å². The fourth-order valence-electron chi connectivity index (χ4n) is 2.62. The summed E-state index contributed by atoms with van der Waals surface area (Å²) in [6.45, 7) is 0. The van der Waals surface area contributed by atoms with Crippen molar-refractivity contribution in [1.29, 1.82) is 0 Å². The lowest BCUT2D eigenvalue weighted by atomic mass is 10.1. The number of carbonyl (C=O) groups excluding carboxylic acids is 2. The van der Waals surface area contributed by atoms with E-state index in [2.05, 4.69) is 10.6 Å². The molecule has 0 unspecified atom stereocenters. The van der Waals surface area contributed by atoms with Crippen molar-refractivity contribution >= 4 is 40.9 Å². The van der Waals surface area contributed by atoms with E-state index < -0.39 is 0 Å². The Morgan fingerprint density at radius 3 is 2.25 bits per heavy atom. The Morgan fingerprint density at radius 2 is 1.50 bits per heavy atom. The maximum Gasteiger partial charge on any atom is 0.248 e. The highest BCUT2D eigenvalue weighted by Crippen LogP contribution is 2.18. The Kier molecular flexibility index (Phi) is 6.60. The Labute approximate surface area is 168 Å². The van der Waals surface area contributed by atoms with Crippen LogP contribution in [0.25, 0.3) is 6.08 Å². The van der Waals surface area contributed by atoms with E-state index in [-0.39, 0.29) is 18.2 Å². The highest BCUT2D eigenvalue weighted by Gasteiger charge is 2.05. The summed E-state index contributed by atoms with van der Waals surface area (Å²) in [7, 11) is 0. The number of rotatable bonds is 6. The molecular formula is C23H19ClN2O2. The molecule has 0 fully saturated rings. The average Bonchev–Trinajstić information content (AvgIpc) is 2.68. The van der Waals surface area contributed by atoms with E-state index in [1.807, 2.05) is 48.5 Å². The normalized spacial score (nSPS) is 10.6. The molecular weight excluding hydrogens is 372 g/mol. The number of anilines is 2. The largest absolute Gasteiger partial charge is 0.326 e. The van der Waals surface area contributed by atoms with E-state index in [0.717, 1.165) is 11.1 Å². The molecule has 0 bridgehead atoms. The van der Waals surface area contributed by atoms with Crippen LogP contribution in [0.2, 0.25) is 5.02 Å². The van der Waals surface area contributed by atoms with Crippen LogP contribution in [-0.4, -0.2) is 11.8 Å². The second kappa shape index (κ2) is 9.53. The van der Waals surface area contributed by atoms with Crippen LogP contribution >= 0.6 is 11.6 Å². The van der Waals surface area contributed by atoms with Crippen molar-refractivity contribution in [2.45, 2.75) is 6.42 Å². The van der Waals surface area contributed by atoms with E-state index >= 15 is 0 Å². The van der Waals surface area contributed by atoms with Crippen molar-refractivity contribution in [2.75, 3.05) is 10.6 Å². The van der Waals surface area contributed by atoms with Crippen LogP contribution in [0, 0.1) is 0 Å². The van der Waals surface area contributed by atoms with Gasteiger partial charge in [0.05, 0.1) is 6.42 Å². The molecule has 0 radical (unpaired) electrons. The van der Waals surface area contributed by atoms with Gasteiger partial charge in [0.2, 0.25) is 11.8 Å². The van der Waals surface area contributed by atoms with Crippen molar-refractivity contribution < 1.29 is 9.59 Å². The number of halogens is 1. The zero-order valence-electron chi connectivity index (χ0n) is 15.1. The topological polar surface area (TPSA) is 58.2 Å². The van der Waals surface area contributed by atoms with Gasteiger partial charge in [-0.05, 0) is 41.5 Å². The van der Waals surface area contributed by atoms with Crippen molar-refractivity contribution in [1.82, 2.24) is 0 Å². The summed E-state index contributed by atoms with van der Waals surface area (Å²) < 4.78 is 0. The van der Waals surface area contributed by atoms with Gasteiger partial charge in [0.15, 0.2) is 0 Å². The van der Waals surface area contributed by atoms with Gasteiger partial charge in [-0.1, -0.05) is 66.2 Å². The maximum atomic E-state index is 12.2. The number of hydrogen-bond acceptors (Lipinski definition) is 2. The minimum Gasteiger partial charge on any atom is -0.326 e. The minimum atomic E-state index is -0.285. The van der Waals surface area contributed by atoms with Crippen LogP contribution in [0.4, 0.5) is 11.4 Å². The van der Waals surface area contributed by atoms with Gasteiger partial charge >= 0.3 is 0 Å².